The Hall–Kier alpha value is -1.40. The first-order chi connectivity index (χ1) is 10.6. The maximum atomic E-state index is 12.7. The zero-order chi connectivity index (χ0) is 15.7. The molecule has 22 heavy (non-hydrogen) atoms. The van der Waals surface area contributed by atoms with Crippen LogP contribution in [0.25, 0.3) is 0 Å². The summed E-state index contributed by atoms with van der Waals surface area (Å²) in [6.07, 6.45) is 5.09. The van der Waals surface area contributed by atoms with Crippen LogP contribution in [-0.4, -0.2) is 61.9 Å². The number of nitrogens with zero attached hydrogens (tertiary/aromatic N) is 1. The van der Waals surface area contributed by atoms with Crippen LogP contribution in [0.1, 0.15) is 19.8 Å². The molecule has 6 heteroatoms. The fourth-order valence-corrected chi connectivity index (χ4v) is 3.74. The molecule has 2 bridgehead atoms. The lowest BCUT2D eigenvalue weighted by Gasteiger charge is -2.22. The number of hydrogen-bond donors (Lipinski definition) is 0. The fourth-order valence-electron chi connectivity index (χ4n) is 3.74. The number of rotatable bonds is 7. The number of ether oxygens (including phenoxy) is 3. The molecule has 1 unspecified atom stereocenters. The standard InChI is InChI=1S/C16H23NO5/c1-3-8-21-15(19)12-11-5-6-16(22-11)10-17(7-4-9-20-2)14(18)13(12)16/h5-6,11-13H,3-4,7-10H2,1-2H3/t11-,12?,13-,16+/m0/s1. The third-order valence-corrected chi connectivity index (χ3v) is 4.68. The Morgan fingerprint density at radius 1 is 1.50 bits per heavy atom. The fraction of sp³-hybridized carbons (Fsp3) is 0.750. The molecule has 0 radical (unpaired) electrons. The molecule has 0 N–H and O–H groups in total. The minimum absolute atomic E-state index is 0.00130. The molecular formula is C16H23NO5. The molecule has 1 amide bonds. The van der Waals surface area contributed by atoms with Crippen molar-refractivity contribution in [3.8, 4) is 0 Å². The van der Waals surface area contributed by atoms with Gasteiger partial charge in [-0.25, -0.2) is 0 Å². The summed E-state index contributed by atoms with van der Waals surface area (Å²) in [7, 11) is 1.65. The van der Waals surface area contributed by atoms with Gasteiger partial charge in [-0.05, 0) is 12.8 Å². The third-order valence-electron chi connectivity index (χ3n) is 4.68. The van der Waals surface area contributed by atoms with Crippen LogP contribution in [0.5, 0.6) is 0 Å². The summed E-state index contributed by atoms with van der Waals surface area (Å²) < 4.78 is 16.3. The van der Waals surface area contributed by atoms with E-state index in [1.165, 1.54) is 0 Å². The van der Waals surface area contributed by atoms with Crippen LogP contribution >= 0.6 is 0 Å². The maximum Gasteiger partial charge on any atom is 0.312 e. The molecule has 0 saturated carbocycles. The number of esters is 1. The molecule has 0 aliphatic carbocycles. The van der Waals surface area contributed by atoms with Crippen molar-refractivity contribution in [3.05, 3.63) is 12.2 Å². The minimum Gasteiger partial charge on any atom is -0.465 e. The van der Waals surface area contributed by atoms with E-state index in [9.17, 15) is 9.59 Å². The Bertz CT molecular complexity index is 491. The molecule has 0 aromatic carbocycles. The minimum atomic E-state index is -0.634. The van der Waals surface area contributed by atoms with E-state index in [-0.39, 0.29) is 18.0 Å². The van der Waals surface area contributed by atoms with E-state index in [0.717, 1.165) is 12.8 Å². The Kier molecular flexibility index (Phi) is 4.23. The Morgan fingerprint density at radius 3 is 3.05 bits per heavy atom. The number of fused-ring (bicyclic) bond motifs is 1. The summed E-state index contributed by atoms with van der Waals surface area (Å²) in [5, 5.41) is 0. The SMILES string of the molecule is CCCOC(=O)C1[C@@H]2C=C[C@]3(CN(CCCOC)C(=O)[C@H]13)O2. The number of likely N-dealkylation sites (tertiary alicyclic amines) is 1. The van der Waals surface area contributed by atoms with Gasteiger partial charge in [0.2, 0.25) is 5.91 Å². The second-order valence-corrected chi connectivity index (χ2v) is 6.17. The third kappa shape index (κ3) is 2.34. The van der Waals surface area contributed by atoms with Gasteiger partial charge in [-0.15, -0.1) is 0 Å². The quantitative estimate of drug-likeness (QED) is 0.395. The van der Waals surface area contributed by atoms with E-state index in [1.807, 2.05) is 19.1 Å². The second-order valence-electron chi connectivity index (χ2n) is 6.17. The number of hydrogen-bond acceptors (Lipinski definition) is 5. The summed E-state index contributed by atoms with van der Waals surface area (Å²) in [5.74, 6) is -1.25. The molecule has 6 nitrogen and oxygen atoms in total. The van der Waals surface area contributed by atoms with Gasteiger partial charge < -0.3 is 19.1 Å². The number of carbonyl (C=O) groups excluding carboxylic acids is 2. The number of carbonyl (C=O) groups is 2. The lowest BCUT2D eigenvalue weighted by atomic mass is 9.77. The van der Waals surface area contributed by atoms with Crippen molar-refractivity contribution in [2.75, 3.05) is 33.4 Å². The van der Waals surface area contributed by atoms with Crippen molar-refractivity contribution >= 4 is 11.9 Å². The highest BCUT2D eigenvalue weighted by atomic mass is 16.6. The van der Waals surface area contributed by atoms with Crippen molar-refractivity contribution in [2.45, 2.75) is 31.5 Å². The first kappa shape index (κ1) is 15.5. The zero-order valence-electron chi connectivity index (χ0n) is 13.1. The molecule has 122 valence electrons. The van der Waals surface area contributed by atoms with E-state index >= 15 is 0 Å². The summed E-state index contributed by atoms with van der Waals surface area (Å²) in [6.45, 7) is 4.10. The largest absolute Gasteiger partial charge is 0.465 e. The molecule has 3 heterocycles. The molecule has 1 spiro atoms. The number of methoxy groups -OCH3 is 1. The molecule has 2 saturated heterocycles. The summed E-state index contributed by atoms with van der Waals surface area (Å²) in [5.41, 5.74) is -0.634. The average molecular weight is 309 g/mol. The average Bonchev–Trinajstić information content (AvgIpc) is 3.14. The van der Waals surface area contributed by atoms with Gasteiger partial charge >= 0.3 is 5.97 Å². The van der Waals surface area contributed by atoms with Gasteiger partial charge in [-0.2, -0.15) is 0 Å². The van der Waals surface area contributed by atoms with Crippen molar-refractivity contribution in [2.24, 2.45) is 11.8 Å². The van der Waals surface area contributed by atoms with Crippen LogP contribution in [0.3, 0.4) is 0 Å². The monoisotopic (exact) mass is 309 g/mol. The molecule has 2 fully saturated rings. The molecule has 3 aliphatic heterocycles. The predicted molar refractivity (Wildman–Crippen MR) is 78.0 cm³/mol. The van der Waals surface area contributed by atoms with Crippen molar-refractivity contribution in [3.63, 3.8) is 0 Å². The van der Waals surface area contributed by atoms with Gasteiger partial charge in [0.1, 0.15) is 11.5 Å². The van der Waals surface area contributed by atoms with E-state index in [2.05, 4.69) is 0 Å². The van der Waals surface area contributed by atoms with Gasteiger partial charge in [0.25, 0.3) is 0 Å². The van der Waals surface area contributed by atoms with Crippen LogP contribution in [0.15, 0.2) is 12.2 Å². The summed E-state index contributed by atoms with van der Waals surface area (Å²) in [4.78, 5) is 26.8. The highest BCUT2D eigenvalue weighted by Crippen LogP contribution is 2.52. The van der Waals surface area contributed by atoms with Crippen molar-refractivity contribution < 1.29 is 23.8 Å². The summed E-state index contributed by atoms with van der Waals surface area (Å²) in [6, 6.07) is 0. The maximum absolute atomic E-state index is 12.7. The van der Waals surface area contributed by atoms with Crippen LogP contribution < -0.4 is 0 Å². The highest BCUT2D eigenvalue weighted by molar-refractivity contribution is 5.91. The molecular weight excluding hydrogens is 286 g/mol. The topological polar surface area (TPSA) is 65.1 Å². The van der Waals surface area contributed by atoms with Gasteiger partial charge in [0.05, 0.1) is 25.2 Å². The van der Waals surface area contributed by atoms with Crippen LogP contribution in [0.4, 0.5) is 0 Å². The smallest absolute Gasteiger partial charge is 0.312 e. The van der Waals surface area contributed by atoms with Gasteiger partial charge in [0.15, 0.2) is 0 Å². The van der Waals surface area contributed by atoms with Crippen LogP contribution in [0, 0.1) is 11.8 Å². The van der Waals surface area contributed by atoms with Crippen molar-refractivity contribution in [1.29, 1.82) is 0 Å². The van der Waals surface area contributed by atoms with Gasteiger partial charge in [-0.1, -0.05) is 19.1 Å². The van der Waals surface area contributed by atoms with Crippen LogP contribution in [0.2, 0.25) is 0 Å². The first-order valence-corrected chi connectivity index (χ1v) is 7.94. The molecule has 4 atom stereocenters. The molecule has 0 aromatic heterocycles. The summed E-state index contributed by atoms with van der Waals surface area (Å²) >= 11 is 0. The molecule has 3 aliphatic rings. The predicted octanol–water partition coefficient (Wildman–Crippen LogP) is 0.758. The van der Waals surface area contributed by atoms with E-state index in [1.54, 1.807) is 12.0 Å². The Labute approximate surface area is 130 Å². The van der Waals surface area contributed by atoms with E-state index in [4.69, 9.17) is 14.2 Å². The van der Waals surface area contributed by atoms with Crippen molar-refractivity contribution in [1.82, 2.24) is 4.90 Å². The van der Waals surface area contributed by atoms with Crippen LogP contribution in [-0.2, 0) is 23.8 Å². The Morgan fingerprint density at radius 2 is 2.32 bits per heavy atom. The van der Waals surface area contributed by atoms with Gasteiger partial charge in [0, 0.05) is 20.3 Å². The zero-order valence-corrected chi connectivity index (χ0v) is 13.1. The van der Waals surface area contributed by atoms with E-state index < -0.39 is 17.4 Å². The second kappa shape index (κ2) is 6.01. The highest BCUT2D eigenvalue weighted by Gasteiger charge is 2.67. The normalized spacial score (nSPS) is 35.3. The first-order valence-electron chi connectivity index (χ1n) is 7.94. The lowest BCUT2D eigenvalue weighted by molar-refractivity contribution is -0.153. The van der Waals surface area contributed by atoms with Gasteiger partial charge in [-0.3, -0.25) is 9.59 Å². The Balaban J connectivity index is 1.73. The lowest BCUT2D eigenvalue weighted by Crippen LogP contribution is -2.40. The van der Waals surface area contributed by atoms with E-state index in [0.29, 0.717) is 26.3 Å². The number of amides is 1. The molecule has 3 rings (SSSR count). The molecule has 0 aromatic rings.